The van der Waals surface area contributed by atoms with Gasteiger partial charge in [-0.2, -0.15) is 0 Å². The molecular weight excluding hydrogens is 290 g/mol. The van der Waals surface area contributed by atoms with Crippen molar-refractivity contribution in [3.05, 3.63) is 59.7 Å². The lowest BCUT2D eigenvalue weighted by Gasteiger charge is -2.22. The van der Waals surface area contributed by atoms with Crippen molar-refractivity contribution < 1.29 is 14.3 Å². The molecule has 1 heterocycles. The van der Waals surface area contributed by atoms with Crippen LogP contribution in [0.3, 0.4) is 0 Å². The van der Waals surface area contributed by atoms with Crippen molar-refractivity contribution in [1.29, 1.82) is 0 Å². The van der Waals surface area contributed by atoms with E-state index in [1.54, 1.807) is 0 Å². The number of para-hydroxylation sites is 1. The molecule has 1 amide bonds. The lowest BCUT2D eigenvalue weighted by Crippen LogP contribution is -2.28. The van der Waals surface area contributed by atoms with Crippen molar-refractivity contribution in [3.8, 4) is 11.5 Å². The summed E-state index contributed by atoms with van der Waals surface area (Å²) in [6.07, 6.45) is 0.840. The van der Waals surface area contributed by atoms with Crippen molar-refractivity contribution in [2.75, 3.05) is 13.2 Å². The number of carbonyl (C=O) groups is 1. The van der Waals surface area contributed by atoms with Gasteiger partial charge in [0.25, 0.3) is 0 Å². The minimum Gasteiger partial charge on any atom is -0.457 e. The largest absolute Gasteiger partial charge is 0.457 e. The van der Waals surface area contributed by atoms with Crippen molar-refractivity contribution >= 4 is 5.91 Å². The van der Waals surface area contributed by atoms with Gasteiger partial charge in [0.15, 0.2) is 0 Å². The van der Waals surface area contributed by atoms with Gasteiger partial charge in [-0.25, -0.2) is 0 Å². The quantitative estimate of drug-likeness (QED) is 0.920. The monoisotopic (exact) mass is 311 g/mol. The van der Waals surface area contributed by atoms with Gasteiger partial charge in [0, 0.05) is 18.1 Å². The zero-order chi connectivity index (χ0) is 16.2. The number of primary amides is 1. The summed E-state index contributed by atoms with van der Waals surface area (Å²) in [4.78, 5) is 12.0. The SMILES string of the molecule is Cc1ccc(Oc2ccccc2C(C(N)=O)C2CCOC2)cc1. The Morgan fingerprint density at radius 1 is 1.22 bits per heavy atom. The first-order valence-corrected chi connectivity index (χ1v) is 7.85. The summed E-state index contributed by atoms with van der Waals surface area (Å²) in [5, 5.41) is 0. The molecule has 4 nitrogen and oxygen atoms in total. The number of hydrogen-bond acceptors (Lipinski definition) is 3. The molecule has 2 N–H and O–H groups in total. The highest BCUT2D eigenvalue weighted by molar-refractivity contribution is 5.83. The molecule has 2 unspecified atom stereocenters. The Bertz CT molecular complexity index is 675. The van der Waals surface area contributed by atoms with E-state index in [9.17, 15) is 4.79 Å². The molecule has 3 rings (SSSR count). The van der Waals surface area contributed by atoms with Crippen molar-refractivity contribution in [2.45, 2.75) is 19.3 Å². The molecule has 2 aromatic carbocycles. The predicted octanol–water partition coefficient (Wildman–Crippen LogP) is 3.39. The molecule has 2 atom stereocenters. The summed E-state index contributed by atoms with van der Waals surface area (Å²) in [6.45, 7) is 3.27. The molecule has 4 heteroatoms. The second kappa shape index (κ2) is 6.84. The maximum Gasteiger partial charge on any atom is 0.225 e. The molecule has 1 aliphatic heterocycles. The van der Waals surface area contributed by atoms with E-state index in [4.69, 9.17) is 15.2 Å². The second-order valence-electron chi connectivity index (χ2n) is 5.96. The molecule has 0 bridgehead atoms. The standard InChI is InChI=1S/C19H21NO3/c1-13-6-8-15(9-7-13)23-17-5-3-2-4-16(17)18(19(20)21)14-10-11-22-12-14/h2-9,14,18H,10-12H2,1H3,(H2,20,21). The van der Waals surface area contributed by atoms with Gasteiger partial charge in [-0.05, 0) is 31.5 Å². The van der Waals surface area contributed by atoms with E-state index in [0.717, 1.165) is 17.7 Å². The van der Waals surface area contributed by atoms with Crippen LogP contribution in [0.25, 0.3) is 0 Å². The Labute approximate surface area is 136 Å². The van der Waals surface area contributed by atoms with Gasteiger partial charge in [0.2, 0.25) is 5.91 Å². The Morgan fingerprint density at radius 2 is 1.96 bits per heavy atom. The molecule has 1 saturated heterocycles. The second-order valence-corrected chi connectivity index (χ2v) is 5.96. The van der Waals surface area contributed by atoms with Crippen LogP contribution >= 0.6 is 0 Å². The maximum absolute atomic E-state index is 12.0. The molecule has 0 radical (unpaired) electrons. The van der Waals surface area contributed by atoms with Crippen LogP contribution in [0.1, 0.15) is 23.5 Å². The molecule has 120 valence electrons. The molecule has 0 spiro atoms. The number of benzene rings is 2. The zero-order valence-electron chi connectivity index (χ0n) is 13.2. The molecule has 0 aromatic heterocycles. The van der Waals surface area contributed by atoms with E-state index in [1.165, 1.54) is 5.56 Å². The molecule has 1 aliphatic rings. The Hall–Kier alpha value is -2.33. The van der Waals surface area contributed by atoms with Gasteiger partial charge in [-0.1, -0.05) is 35.9 Å². The first-order valence-electron chi connectivity index (χ1n) is 7.85. The lowest BCUT2D eigenvalue weighted by atomic mass is 9.84. The summed E-state index contributed by atoms with van der Waals surface area (Å²) in [5.74, 6) is 0.802. The van der Waals surface area contributed by atoms with E-state index in [2.05, 4.69) is 0 Å². The van der Waals surface area contributed by atoms with Gasteiger partial charge in [-0.3, -0.25) is 4.79 Å². The van der Waals surface area contributed by atoms with Gasteiger partial charge in [0.05, 0.1) is 12.5 Å². The van der Waals surface area contributed by atoms with E-state index in [0.29, 0.717) is 19.0 Å². The Balaban J connectivity index is 1.92. The van der Waals surface area contributed by atoms with Crippen molar-refractivity contribution in [3.63, 3.8) is 0 Å². The summed E-state index contributed by atoms with van der Waals surface area (Å²) >= 11 is 0. The van der Waals surface area contributed by atoms with Crippen LogP contribution in [0.15, 0.2) is 48.5 Å². The van der Waals surface area contributed by atoms with E-state index >= 15 is 0 Å². The minimum atomic E-state index is -0.390. The average Bonchev–Trinajstić information content (AvgIpc) is 3.05. The van der Waals surface area contributed by atoms with Crippen LogP contribution in [0.5, 0.6) is 11.5 Å². The van der Waals surface area contributed by atoms with Gasteiger partial charge < -0.3 is 15.2 Å². The number of ether oxygens (including phenoxy) is 2. The third kappa shape index (κ3) is 3.54. The Kier molecular flexibility index (Phi) is 4.63. The van der Waals surface area contributed by atoms with Crippen molar-refractivity contribution in [1.82, 2.24) is 0 Å². The van der Waals surface area contributed by atoms with Crippen molar-refractivity contribution in [2.24, 2.45) is 11.7 Å². The summed E-state index contributed by atoms with van der Waals surface area (Å²) in [5.41, 5.74) is 7.68. The smallest absolute Gasteiger partial charge is 0.225 e. The highest BCUT2D eigenvalue weighted by Gasteiger charge is 2.33. The predicted molar refractivity (Wildman–Crippen MR) is 88.6 cm³/mol. The van der Waals surface area contributed by atoms with E-state index in [-0.39, 0.29) is 17.7 Å². The molecular formula is C19H21NO3. The summed E-state index contributed by atoms with van der Waals surface area (Å²) in [7, 11) is 0. The molecule has 0 saturated carbocycles. The number of hydrogen-bond donors (Lipinski definition) is 1. The number of rotatable bonds is 5. The van der Waals surface area contributed by atoms with Gasteiger partial charge in [0.1, 0.15) is 11.5 Å². The van der Waals surface area contributed by atoms with Crippen LogP contribution in [0, 0.1) is 12.8 Å². The number of carbonyl (C=O) groups excluding carboxylic acids is 1. The molecule has 0 aliphatic carbocycles. The molecule has 2 aromatic rings. The lowest BCUT2D eigenvalue weighted by molar-refractivity contribution is -0.120. The fourth-order valence-electron chi connectivity index (χ4n) is 3.02. The maximum atomic E-state index is 12.0. The van der Waals surface area contributed by atoms with E-state index < -0.39 is 0 Å². The highest BCUT2D eigenvalue weighted by Crippen LogP contribution is 2.37. The fraction of sp³-hybridized carbons (Fsp3) is 0.316. The topological polar surface area (TPSA) is 61.5 Å². The molecule has 1 fully saturated rings. The van der Waals surface area contributed by atoms with Crippen LogP contribution < -0.4 is 10.5 Å². The Morgan fingerprint density at radius 3 is 2.61 bits per heavy atom. The normalized spacial score (nSPS) is 18.6. The molecule has 23 heavy (non-hydrogen) atoms. The minimum absolute atomic E-state index is 0.107. The van der Waals surface area contributed by atoms with Crippen LogP contribution in [0.4, 0.5) is 0 Å². The first kappa shape index (κ1) is 15.6. The zero-order valence-corrected chi connectivity index (χ0v) is 13.2. The van der Waals surface area contributed by atoms with E-state index in [1.807, 2.05) is 55.5 Å². The van der Waals surface area contributed by atoms with Crippen LogP contribution in [0.2, 0.25) is 0 Å². The summed E-state index contributed by atoms with van der Waals surface area (Å²) in [6, 6.07) is 15.4. The third-order valence-electron chi connectivity index (χ3n) is 4.25. The van der Waals surface area contributed by atoms with Crippen LogP contribution in [-0.2, 0) is 9.53 Å². The third-order valence-corrected chi connectivity index (χ3v) is 4.25. The fourth-order valence-corrected chi connectivity index (χ4v) is 3.02. The highest BCUT2D eigenvalue weighted by atomic mass is 16.5. The average molecular weight is 311 g/mol. The van der Waals surface area contributed by atoms with Crippen LogP contribution in [-0.4, -0.2) is 19.1 Å². The number of nitrogens with two attached hydrogens (primary N) is 1. The number of aryl methyl sites for hydroxylation is 1. The first-order chi connectivity index (χ1) is 11.1. The van der Waals surface area contributed by atoms with Gasteiger partial charge in [-0.15, -0.1) is 0 Å². The number of amides is 1. The van der Waals surface area contributed by atoms with Gasteiger partial charge >= 0.3 is 0 Å². The summed E-state index contributed by atoms with van der Waals surface area (Å²) < 4.78 is 11.4.